The molecule has 166 valence electrons. The topological polar surface area (TPSA) is 114 Å². The van der Waals surface area contributed by atoms with Gasteiger partial charge >= 0.3 is 5.69 Å². The molecule has 1 amide bonds. The van der Waals surface area contributed by atoms with Crippen molar-refractivity contribution in [2.75, 3.05) is 19.2 Å². The van der Waals surface area contributed by atoms with E-state index in [0.717, 1.165) is 4.57 Å². The van der Waals surface area contributed by atoms with Gasteiger partial charge in [0, 0.05) is 25.0 Å². The number of carbonyl (C=O) groups is 1. The molecular weight excluding hydrogens is 428 g/mol. The van der Waals surface area contributed by atoms with Crippen LogP contribution in [0.15, 0.2) is 64.3 Å². The number of nitrogens with one attached hydrogen (secondary N) is 1. The summed E-state index contributed by atoms with van der Waals surface area (Å²) in [5.41, 5.74) is 0.213. The molecule has 0 unspecified atom stereocenters. The Morgan fingerprint density at radius 3 is 2.58 bits per heavy atom. The molecule has 5 rings (SSSR count). The number of hydrogen-bond acceptors (Lipinski definition) is 7. The summed E-state index contributed by atoms with van der Waals surface area (Å²) < 4.78 is 18.1. The van der Waals surface area contributed by atoms with Crippen LogP contribution in [-0.4, -0.2) is 33.9 Å². The zero-order valence-electron chi connectivity index (χ0n) is 17.7. The van der Waals surface area contributed by atoms with Crippen LogP contribution in [-0.2, 0) is 7.05 Å². The highest BCUT2D eigenvalue weighted by Gasteiger charge is 2.18. The largest absolute Gasteiger partial charge is 0.497 e. The van der Waals surface area contributed by atoms with E-state index in [1.807, 2.05) is 0 Å². The summed E-state index contributed by atoms with van der Waals surface area (Å²) in [7, 11) is 2.92. The molecule has 0 fully saturated rings. The lowest BCUT2D eigenvalue weighted by Gasteiger charge is -2.13. The highest BCUT2D eigenvalue weighted by Crippen LogP contribution is 2.34. The maximum Gasteiger partial charge on any atom is 0.337 e. The lowest BCUT2D eigenvalue weighted by atomic mass is 10.2. The first-order chi connectivity index (χ1) is 16.0. The maximum absolute atomic E-state index is 12.9. The average molecular weight is 446 g/mol. The third kappa shape index (κ3) is 3.47. The van der Waals surface area contributed by atoms with Crippen molar-refractivity contribution in [2.24, 2.45) is 7.05 Å². The molecule has 3 heterocycles. The summed E-state index contributed by atoms with van der Waals surface area (Å²) in [4.78, 5) is 42.8. The molecule has 1 aliphatic rings. The van der Waals surface area contributed by atoms with Crippen molar-refractivity contribution in [2.45, 2.75) is 0 Å². The van der Waals surface area contributed by atoms with Crippen molar-refractivity contribution < 1.29 is 19.0 Å². The van der Waals surface area contributed by atoms with E-state index in [1.165, 1.54) is 23.9 Å². The van der Waals surface area contributed by atoms with Crippen LogP contribution >= 0.6 is 0 Å². The number of methoxy groups -OCH3 is 1. The molecule has 0 radical (unpaired) electrons. The number of fused-ring (bicyclic) bond motifs is 2. The number of hydrogen-bond donors (Lipinski definition) is 1. The molecule has 33 heavy (non-hydrogen) atoms. The Labute approximate surface area is 186 Å². The number of ether oxygens (including phenoxy) is 3. The summed E-state index contributed by atoms with van der Waals surface area (Å²) in [5, 5.41) is 2.88. The third-order valence-corrected chi connectivity index (χ3v) is 5.31. The van der Waals surface area contributed by atoms with Gasteiger partial charge in [-0.15, -0.1) is 0 Å². The van der Waals surface area contributed by atoms with Crippen LogP contribution in [0, 0.1) is 0 Å². The Bertz CT molecular complexity index is 1520. The maximum atomic E-state index is 12.9. The molecule has 2 aromatic carbocycles. The number of rotatable bonds is 4. The van der Waals surface area contributed by atoms with Crippen molar-refractivity contribution in [3.63, 3.8) is 0 Å². The number of aromatic nitrogens is 3. The van der Waals surface area contributed by atoms with Crippen LogP contribution < -0.4 is 30.8 Å². The Hall–Kier alpha value is -4.60. The minimum Gasteiger partial charge on any atom is -0.497 e. The minimum absolute atomic E-state index is 0.126. The predicted octanol–water partition coefficient (Wildman–Crippen LogP) is 2.07. The van der Waals surface area contributed by atoms with E-state index in [9.17, 15) is 14.4 Å². The molecule has 1 N–H and O–H groups in total. The van der Waals surface area contributed by atoms with Crippen molar-refractivity contribution in [3.05, 3.63) is 81.1 Å². The van der Waals surface area contributed by atoms with E-state index in [4.69, 9.17) is 14.2 Å². The van der Waals surface area contributed by atoms with Gasteiger partial charge in [-0.2, -0.15) is 0 Å². The normalized spacial score (nSPS) is 12.1. The SMILES string of the molecule is COc1ccc(-n2c(=O)n(C)c(=O)c3cc(C(=O)Nc4ccc5c(c4)OCO5)cnc32)cc1. The molecule has 0 aliphatic carbocycles. The molecule has 2 aromatic heterocycles. The predicted molar refractivity (Wildman–Crippen MR) is 120 cm³/mol. The molecule has 0 saturated heterocycles. The Kier molecular flexibility index (Phi) is 4.82. The first-order valence-electron chi connectivity index (χ1n) is 9.93. The summed E-state index contributed by atoms with van der Waals surface area (Å²) in [6, 6.07) is 13.2. The third-order valence-electron chi connectivity index (χ3n) is 5.31. The molecule has 10 heteroatoms. The standard InChI is InChI=1S/C23H18N4O6/c1-26-22(29)17-9-13(21(28)25-14-3-8-18-19(10-14)33-12-32-18)11-24-20(17)27(23(26)30)15-4-6-16(31-2)7-5-15/h3-11H,12H2,1-2H3,(H,25,28). The first-order valence-corrected chi connectivity index (χ1v) is 9.93. The summed E-state index contributed by atoms with van der Waals surface area (Å²) in [6.07, 6.45) is 1.32. The van der Waals surface area contributed by atoms with E-state index >= 15 is 0 Å². The quantitative estimate of drug-likeness (QED) is 0.511. The number of pyridine rings is 1. The van der Waals surface area contributed by atoms with Gasteiger partial charge in [-0.1, -0.05) is 0 Å². The van der Waals surface area contributed by atoms with E-state index in [2.05, 4.69) is 10.3 Å². The van der Waals surface area contributed by atoms with Crippen molar-refractivity contribution in [1.29, 1.82) is 0 Å². The Morgan fingerprint density at radius 1 is 1.06 bits per heavy atom. The molecule has 0 spiro atoms. The smallest absolute Gasteiger partial charge is 0.337 e. The van der Waals surface area contributed by atoms with Gasteiger partial charge < -0.3 is 19.5 Å². The Morgan fingerprint density at radius 2 is 1.82 bits per heavy atom. The van der Waals surface area contributed by atoms with Gasteiger partial charge in [-0.05, 0) is 42.5 Å². The lowest BCUT2D eigenvalue weighted by molar-refractivity contribution is 0.102. The van der Waals surface area contributed by atoms with Crippen molar-refractivity contribution in [1.82, 2.24) is 14.1 Å². The second-order valence-corrected chi connectivity index (χ2v) is 7.30. The highest BCUT2D eigenvalue weighted by atomic mass is 16.7. The van der Waals surface area contributed by atoms with Crippen LogP contribution in [0.3, 0.4) is 0 Å². The van der Waals surface area contributed by atoms with E-state index in [0.29, 0.717) is 28.6 Å². The fourth-order valence-corrected chi connectivity index (χ4v) is 3.57. The van der Waals surface area contributed by atoms with Crippen LogP contribution in [0.1, 0.15) is 10.4 Å². The van der Waals surface area contributed by atoms with Crippen LogP contribution in [0.4, 0.5) is 5.69 Å². The minimum atomic E-state index is -0.553. The molecule has 4 aromatic rings. The fourth-order valence-electron chi connectivity index (χ4n) is 3.57. The highest BCUT2D eigenvalue weighted by molar-refractivity contribution is 6.05. The van der Waals surface area contributed by atoms with E-state index in [1.54, 1.807) is 49.6 Å². The Balaban J connectivity index is 1.56. The van der Waals surface area contributed by atoms with Gasteiger partial charge in [0.25, 0.3) is 11.5 Å². The number of carbonyl (C=O) groups excluding carboxylic acids is 1. The number of anilines is 1. The summed E-state index contributed by atoms with van der Waals surface area (Å²) in [6.45, 7) is 0.126. The van der Waals surface area contributed by atoms with Crippen molar-refractivity contribution in [3.8, 4) is 22.9 Å². The van der Waals surface area contributed by atoms with Crippen molar-refractivity contribution >= 4 is 22.6 Å². The van der Waals surface area contributed by atoms with Gasteiger partial charge in [0.2, 0.25) is 6.79 Å². The summed E-state index contributed by atoms with van der Waals surface area (Å²) >= 11 is 0. The monoisotopic (exact) mass is 446 g/mol. The second kappa shape index (κ2) is 7.83. The van der Waals surface area contributed by atoms with Crippen LogP contribution in [0.5, 0.6) is 17.2 Å². The van der Waals surface area contributed by atoms with Gasteiger partial charge in [0.15, 0.2) is 17.1 Å². The van der Waals surface area contributed by atoms with Crippen LogP contribution in [0.25, 0.3) is 16.7 Å². The molecule has 0 bridgehead atoms. The molecule has 10 nitrogen and oxygen atoms in total. The van der Waals surface area contributed by atoms with Gasteiger partial charge in [0.05, 0.1) is 23.7 Å². The fraction of sp³-hybridized carbons (Fsp3) is 0.130. The zero-order chi connectivity index (χ0) is 23.1. The van der Waals surface area contributed by atoms with Gasteiger partial charge in [-0.3, -0.25) is 14.2 Å². The summed E-state index contributed by atoms with van der Waals surface area (Å²) in [5.74, 6) is 1.28. The average Bonchev–Trinajstić information content (AvgIpc) is 3.31. The number of benzene rings is 2. The lowest BCUT2D eigenvalue weighted by Crippen LogP contribution is -2.38. The first kappa shape index (κ1) is 20.3. The van der Waals surface area contributed by atoms with E-state index < -0.39 is 17.2 Å². The second-order valence-electron chi connectivity index (χ2n) is 7.30. The molecule has 1 aliphatic heterocycles. The van der Waals surface area contributed by atoms with Gasteiger partial charge in [0.1, 0.15) is 5.75 Å². The van der Waals surface area contributed by atoms with Gasteiger partial charge in [-0.25, -0.2) is 14.3 Å². The number of amides is 1. The molecule has 0 atom stereocenters. The zero-order valence-corrected chi connectivity index (χ0v) is 17.7. The molecule has 0 saturated carbocycles. The number of nitrogens with zero attached hydrogens (tertiary/aromatic N) is 3. The van der Waals surface area contributed by atoms with E-state index in [-0.39, 0.29) is 23.4 Å². The molecular formula is C23H18N4O6. The van der Waals surface area contributed by atoms with Crippen LogP contribution in [0.2, 0.25) is 0 Å².